The van der Waals surface area contributed by atoms with Crippen molar-refractivity contribution < 1.29 is 18.0 Å². The van der Waals surface area contributed by atoms with Crippen molar-refractivity contribution in [2.75, 3.05) is 41.9 Å². The zero-order valence-corrected chi connectivity index (χ0v) is 20.2. The Labute approximate surface area is 204 Å². The molecule has 0 radical (unpaired) electrons. The van der Waals surface area contributed by atoms with E-state index in [2.05, 4.69) is 4.98 Å². The van der Waals surface area contributed by atoms with Crippen molar-refractivity contribution in [2.24, 2.45) is 5.73 Å². The lowest BCUT2D eigenvalue weighted by Crippen LogP contribution is -2.49. The molecule has 35 heavy (non-hydrogen) atoms. The molecule has 1 saturated heterocycles. The summed E-state index contributed by atoms with van der Waals surface area (Å²) in [6.45, 7) is 4.24. The highest BCUT2D eigenvalue weighted by molar-refractivity contribution is 7.92. The summed E-state index contributed by atoms with van der Waals surface area (Å²) in [6.07, 6.45) is 1.45. The predicted octanol–water partition coefficient (Wildman–Crippen LogP) is 2.36. The van der Waals surface area contributed by atoms with E-state index in [9.17, 15) is 18.0 Å². The largest absolute Gasteiger partial charge is 0.366 e. The van der Waals surface area contributed by atoms with Crippen LogP contribution in [0.5, 0.6) is 0 Å². The first-order valence-electron chi connectivity index (χ1n) is 11.3. The second kappa shape index (κ2) is 10.1. The van der Waals surface area contributed by atoms with Gasteiger partial charge in [-0.3, -0.25) is 13.9 Å². The molecule has 0 aliphatic carbocycles. The van der Waals surface area contributed by atoms with E-state index >= 15 is 0 Å². The Balaban J connectivity index is 1.41. The van der Waals surface area contributed by atoms with E-state index in [1.54, 1.807) is 60.4 Å². The predicted molar refractivity (Wildman–Crippen MR) is 134 cm³/mol. The van der Waals surface area contributed by atoms with E-state index in [4.69, 9.17) is 5.73 Å². The molecule has 1 aromatic heterocycles. The number of primary amides is 1. The van der Waals surface area contributed by atoms with Crippen LogP contribution in [0.15, 0.2) is 77.8 Å². The SMILES string of the molecule is CCN(c1ccccc1)S(=O)(=O)c1ccc(C(=O)N2CCN(c3ccc(C(N)=O)cn3)CC2)cc1. The lowest BCUT2D eigenvalue weighted by molar-refractivity contribution is 0.0746. The number of amides is 2. The minimum Gasteiger partial charge on any atom is -0.366 e. The first-order valence-corrected chi connectivity index (χ1v) is 12.7. The molecule has 2 heterocycles. The van der Waals surface area contributed by atoms with E-state index in [1.807, 2.05) is 11.0 Å². The Kier molecular flexibility index (Phi) is 7.02. The van der Waals surface area contributed by atoms with Crippen LogP contribution < -0.4 is 14.9 Å². The fraction of sp³-hybridized carbons (Fsp3) is 0.240. The first-order chi connectivity index (χ1) is 16.8. The van der Waals surface area contributed by atoms with Crippen LogP contribution in [0.3, 0.4) is 0 Å². The van der Waals surface area contributed by atoms with Crippen LogP contribution in [-0.2, 0) is 10.0 Å². The maximum atomic E-state index is 13.2. The lowest BCUT2D eigenvalue weighted by atomic mass is 10.2. The number of para-hydroxylation sites is 1. The van der Waals surface area contributed by atoms with Crippen molar-refractivity contribution in [2.45, 2.75) is 11.8 Å². The Morgan fingerprint density at radius 3 is 2.09 bits per heavy atom. The number of aromatic nitrogens is 1. The van der Waals surface area contributed by atoms with Gasteiger partial charge in [-0.15, -0.1) is 0 Å². The van der Waals surface area contributed by atoms with Crippen molar-refractivity contribution >= 4 is 33.3 Å². The lowest BCUT2D eigenvalue weighted by Gasteiger charge is -2.35. The Bertz CT molecular complexity index is 1290. The maximum absolute atomic E-state index is 13.2. The summed E-state index contributed by atoms with van der Waals surface area (Å²) in [5.41, 5.74) is 6.63. The second-order valence-electron chi connectivity index (χ2n) is 8.08. The molecule has 1 aliphatic heterocycles. The Morgan fingerprint density at radius 1 is 0.914 bits per heavy atom. The summed E-state index contributed by atoms with van der Waals surface area (Å²) in [6, 6.07) is 18.4. The zero-order chi connectivity index (χ0) is 25.0. The highest BCUT2D eigenvalue weighted by Gasteiger charge is 2.26. The smallest absolute Gasteiger partial charge is 0.264 e. The first kappa shape index (κ1) is 24.2. The molecule has 0 spiro atoms. The number of pyridine rings is 1. The molecule has 2 N–H and O–H groups in total. The number of sulfonamides is 1. The molecule has 0 unspecified atom stereocenters. The van der Waals surface area contributed by atoms with E-state index in [-0.39, 0.29) is 17.3 Å². The molecule has 182 valence electrons. The molecule has 9 nitrogen and oxygen atoms in total. The van der Waals surface area contributed by atoms with Crippen molar-refractivity contribution in [1.82, 2.24) is 9.88 Å². The van der Waals surface area contributed by atoms with E-state index in [0.29, 0.717) is 43.0 Å². The third-order valence-electron chi connectivity index (χ3n) is 5.94. The third-order valence-corrected chi connectivity index (χ3v) is 7.86. The number of anilines is 2. The van der Waals surface area contributed by atoms with Crippen molar-refractivity contribution in [3.63, 3.8) is 0 Å². The van der Waals surface area contributed by atoms with Gasteiger partial charge in [-0.1, -0.05) is 18.2 Å². The maximum Gasteiger partial charge on any atom is 0.264 e. The van der Waals surface area contributed by atoms with E-state index in [0.717, 1.165) is 5.82 Å². The molecule has 0 saturated carbocycles. The minimum absolute atomic E-state index is 0.134. The van der Waals surface area contributed by atoms with Crippen LogP contribution in [0.2, 0.25) is 0 Å². The average Bonchev–Trinajstić information content (AvgIpc) is 2.89. The summed E-state index contributed by atoms with van der Waals surface area (Å²) >= 11 is 0. The molecular formula is C25H27N5O4S. The number of nitrogens with zero attached hydrogens (tertiary/aromatic N) is 4. The van der Waals surface area contributed by atoms with Crippen LogP contribution >= 0.6 is 0 Å². The van der Waals surface area contributed by atoms with Gasteiger partial charge in [0.2, 0.25) is 5.91 Å². The quantitative estimate of drug-likeness (QED) is 0.540. The van der Waals surface area contributed by atoms with Gasteiger partial charge < -0.3 is 15.5 Å². The third kappa shape index (κ3) is 5.12. The van der Waals surface area contributed by atoms with Crippen LogP contribution in [0, 0.1) is 0 Å². The standard InChI is InChI=1S/C25H27N5O4S/c1-2-30(21-6-4-3-5-7-21)35(33,34)22-11-8-19(9-12-22)25(32)29-16-14-28(15-17-29)23-13-10-20(18-27-23)24(26)31/h3-13,18H,2,14-17H2,1H3,(H2,26,31). The fourth-order valence-electron chi connectivity index (χ4n) is 4.02. The van der Waals surface area contributed by atoms with E-state index < -0.39 is 15.9 Å². The van der Waals surface area contributed by atoms with Gasteiger partial charge in [0.15, 0.2) is 0 Å². The number of rotatable bonds is 7. The van der Waals surface area contributed by atoms with Crippen LogP contribution in [0.25, 0.3) is 0 Å². The highest BCUT2D eigenvalue weighted by Crippen LogP contribution is 2.24. The number of hydrogen-bond acceptors (Lipinski definition) is 6. The number of nitrogens with two attached hydrogens (primary N) is 1. The van der Waals surface area contributed by atoms with Gasteiger partial charge >= 0.3 is 0 Å². The molecule has 1 fully saturated rings. The molecule has 4 rings (SSSR count). The molecule has 3 aromatic rings. The van der Waals surface area contributed by atoms with E-state index in [1.165, 1.54) is 22.6 Å². The van der Waals surface area contributed by atoms with Gasteiger partial charge in [-0.25, -0.2) is 13.4 Å². The second-order valence-corrected chi connectivity index (χ2v) is 9.94. The van der Waals surface area contributed by atoms with Crippen LogP contribution in [0.4, 0.5) is 11.5 Å². The van der Waals surface area contributed by atoms with Gasteiger partial charge in [-0.05, 0) is 55.5 Å². The number of carbonyl (C=O) groups is 2. The number of benzene rings is 2. The van der Waals surface area contributed by atoms with Gasteiger partial charge in [-0.2, -0.15) is 0 Å². The minimum atomic E-state index is -3.75. The normalized spacial score (nSPS) is 14.0. The van der Waals surface area contributed by atoms with Crippen molar-refractivity contribution in [3.8, 4) is 0 Å². The molecular weight excluding hydrogens is 466 g/mol. The summed E-state index contributed by atoms with van der Waals surface area (Å²) < 4.78 is 27.7. The molecule has 2 aromatic carbocycles. The van der Waals surface area contributed by atoms with Crippen molar-refractivity contribution in [1.29, 1.82) is 0 Å². The van der Waals surface area contributed by atoms with Gasteiger partial charge in [0, 0.05) is 44.5 Å². The molecule has 2 amide bonds. The van der Waals surface area contributed by atoms with Gasteiger partial charge in [0.25, 0.3) is 15.9 Å². The summed E-state index contributed by atoms with van der Waals surface area (Å²) in [4.78, 5) is 32.4. The highest BCUT2D eigenvalue weighted by atomic mass is 32.2. The fourth-order valence-corrected chi connectivity index (χ4v) is 5.50. The topological polar surface area (TPSA) is 117 Å². The Hall–Kier alpha value is -3.92. The zero-order valence-electron chi connectivity index (χ0n) is 19.4. The van der Waals surface area contributed by atoms with Crippen molar-refractivity contribution in [3.05, 3.63) is 84.1 Å². The molecule has 0 bridgehead atoms. The summed E-state index contributed by atoms with van der Waals surface area (Å²) in [5.74, 6) is 0.0392. The number of carbonyl (C=O) groups excluding carboxylic acids is 2. The molecule has 0 atom stereocenters. The summed E-state index contributed by atoms with van der Waals surface area (Å²) in [7, 11) is -3.75. The van der Waals surface area contributed by atoms with Gasteiger partial charge in [0.05, 0.1) is 16.1 Å². The summed E-state index contributed by atoms with van der Waals surface area (Å²) in [5, 5.41) is 0. The number of piperazine rings is 1. The molecule has 1 aliphatic rings. The monoisotopic (exact) mass is 493 g/mol. The average molecular weight is 494 g/mol. The van der Waals surface area contributed by atoms with Crippen LogP contribution in [0.1, 0.15) is 27.6 Å². The van der Waals surface area contributed by atoms with Gasteiger partial charge in [0.1, 0.15) is 5.82 Å². The number of hydrogen-bond donors (Lipinski definition) is 1. The molecule has 10 heteroatoms. The van der Waals surface area contributed by atoms with Crippen LogP contribution in [-0.4, -0.2) is 62.8 Å². The Morgan fingerprint density at radius 2 is 1.54 bits per heavy atom.